The van der Waals surface area contributed by atoms with Crippen molar-refractivity contribution in [2.24, 2.45) is 0 Å². The Kier molecular flexibility index (Phi) is 4.02. The summed E-state index contributed by atoms with van der Waals surface area (Å²) in [5.74, 6) is -0.277. The van der Waals surface area contributed by atoms with Crippen LogP contribution in [0.5, 0.6) is 0 Å². The van der Waals surface area contributed by atoms with Crippen LogP contribution in [0.1, 0.15) is 24.9 Å². The van der Waals surface area contributed by atoms with Gasteiger partial charge in [0.1, 0.15) is 5.82 Å². The molecular formula is C13H18ClFN2. The Labute approximate surface area is 107 Å². The smallest absolute Gasteiger partial charge is 0.124 e. The number of likely N-dealkylation sites (N-methyl/N-ethyl adjacent to an activating group) is 1. The van der Waals surface area contributed by atoms with E-state index in [0.29, 0.717) is 11.1 Å². The van der Waals surface area contributed by atoms with Crippen molar-refractivity contribution in [3.63, 3.8) is 0 Å². The minimum absolute atomic E-state index is 0.237. The van der Waals surface area contributed by atoms with Crippen molar-refractivity contribution in [3.05, 3.63) is 34.6 Å². The van der Waals surface area contributed by atoms with Crippen LogP contribution < -0.4 is 5.32 Å². The Bertz CT molecular complexity index is 397. The van der Waals surface area contributed by atoms with Gasteiger partial charge in [0.05, 0.1) is 0 Å². The summed E-state index contributed by atoms with van der Waals surface area (Å²) >= 11 is 6.09. The molecule has 4 heteroatoms. The number of rotatable bonds is 3. The summed E-state index contributed by atoms with van der Waals surface area (Å²) in [5, 5.41) is 3.81. The Morgan fingerprint density at radius 3 is 2.88 bits per heavy atom. The van der Waals surface area contributed by atoms with Crippen molar-refractivity contribution < 1.29 is 4.39 Å². The van der Waals surface area contributed by atoms with Crippen molar-refractivity contribution >= 4 is 11.6 Å². The molecule has 1 aliphatic rings. The van der Waals surface area contributed by atoms with Crippen molar-refractivity contribution in [2.45, 2.75) is 25.4 Å². The quantitative estimate of drug-likeness (QED) is 0.895. The lowest BCUT2D eigenvalue weighted by atomic mass is 10.1. The topological polar surface area (TPSA) is 15.3 Å². The molecule has 0 aliphatic carbocycles. The summed E-state index contributed by atoms with van der Waals surface area (Å²) in [6.07, 6.45) is 1.15. The molecule has 2 rings (SSSR count). The van der Waals surface area contributed by atoms with Crippen molar-refractivity contribution in [2.75, 3.05) is 20.1 Å². The van der Waals surface area contributed by atoms with Crippen LogP contribution in [0.25, 0.3) is 0 Å². The van der Waals surface area contributed by atoms with E-state index in [9.17, 15) is 4.39 Å². The zero-order valence-electron chi connectivity index (χ0n) is 10.2. The third-order valence-corrected chi connectivity index (χ3v) is 3.92. The van der Waals surface area contributed by atoms with Gasteiger partial charge in [-0.25, -0.2) is 4.39 Å². The molecule has 94 valence electrons. The number of hydrogen-bond acceptors (Lipinski definition) is 2. The fraction of sp³-hybridized carbons (Fsp3) is 0.538. The fourth-order valence-electron chi connectivity index (χ4n) is 2.41. The van der Waals surface area contributed by atoms with Gasteiger partial charge in [0.15, 0.2) is 0 Å². The summed E-state index contributed by atoms with van der Waals surface area (Å²) in [6.45, 7) is 4.20. The monoisotopic (exact) mass is 256 g/mol. The normalized spacial score (nSPS) is 22.9. The molecule has 0 aromatic heterocycles. The second-order valence-electron chi connectivity index (χ2n) is 4.61. The number of likely N-dealkylation sites (tertiary alicyclic amines) is 1. The summed E-state index contributed by atoms with van der Waals surface area (Å²) in [4.78, 5) is 2.38. The number of benzene rings is 1. The Hall–Kier alpha value is -0.640. The number of halogens is 2. The Balaban J connectivity index is 2.12. The summed E-state index contributed by atoms with van der Waals surface area (Å²) in [7, 11) is 1.99. The minimum atomic E-state index is -0.277. The minimum Gasteiger partial charge on any atom is -0.316 e. The lowest BCUT2D eigenvalue weighted by Gasteiger charge is -2.25. The largest absolute Gasteiger partial charge is 0.316 e. The molecule has 0 radical (unpaired) electrons. The van der Waals surface area contributed by atoms with E-state index < -0.39 is 0 Å². The first-order valence-corrected chi connectivity index (χ1v) is 6.36. The average molecular weight is 257 g/mol. The first-order chi connectivity index (χ1) is 8.11. The molecule has 0 amide bonds. The molecule has 1 aromatic carbocycles. The maximum absolute atomic E-state index is 13.0. The second kappa shape index (κ2) is 5.34. The maximum Gasteiger partial charge on any atom is 0.124 e. The molecule has 0 bridgehead atoms. The van der Waals surface area contributed by atoms with E-state index in [1.165, 1.54) is 12.1 Å². The molecule has 2 unspecified atom stereocenters. The SMILES string of the molecule is CNC1CCN(C(C)c2ccc(F)cc2Cl)C1. The van der Waals surface area contributed by atoms with Gasteiger partial charge in [-0.3, -0.25) is 4.90 Å². The number of nitrogens with zero attached hydrogens (tertiary/aromatic N) is 1. The maximum atomic E-state index is 13.0. The molecule has 1 aromatic rings. The summed E-state index contributed by atoms with van der Waals surface area (Å²) < 4.78 is 13.0. The number of hydrogen-bond donors (Lipinski definition) is 1. The molecule has 1 heterocycles. The molecule has 17 heavy (non-hydrogen) atoms. The predicted octanol–water partition coefficient (Wildman–Crippen LogP) is 2.83. The lowest BCUT2D eigenvalue weighted by Crippen LogP contribution is -2.31. The molecular weight excluding hydrogens is 239 g/mol. The van der Waals surface area contributed by atoms with Gasteiger partial charge >= 0.3 is 0 Å². The van der Waals surface area contributed by atoms with Crippen LogP contribution in [0, 0.1) is 5.82 Å². The molecule has 0 spiro atoms. The first-order valence-electron chi connectivity index (χ1n) is 5.98. The predicted molar refractivity (Wildman–Crippen MR) is 68.9 cm³/mol. The zero-order valence-corrected chi connectivity index (χ0v) is 11.0. The summed E-state index contributed by atoms with van der Waals surface area (Å²) in [5.41, 5.74) is 1.00. The van der Waals surface area contributed by atoms with Gasteiger partial charge in [0, 0.05) is 30.2 Å². The molecule has 1 aliphatic heterocycles. The van der Waals surface area contributed by atoms with E-state index in [1.807, 2.05) is 7.05 Å². The molecule has 1 fully saturated rings. The molecule has 2 nitrogen and oxygen atoms in total. The highest BCUT2D eigenvalue weighted by Gasteiger charge is 2.26. The molecule has 2 atom stereocenters. The van der Waals surface area contributed by atoms with Gasteiger partial charge in [0.25, 0.3) is 0 Å². The van der Waals surface area contributed by atoms with E-state index in [1.54, 1.807) is 6.07 Å². The van der Waals surface area contributed by atoms with Gasteiger partial charge in [0.2, 0.25) is 0 Å². The van der Waals surface area contributed by atoms with Crippen LogP contribution >= 0.6 is 11.6 Å². The molecule has 0 saturated carbocycles. The first kappa shape index (κ1) is 12.8. The van der Waals surface area contributed by atoms with E-state index in [0.717, 1.165) is 25.1 Å². The van der Waals surface area contributed by atoms with Gasteiger partial charge < -0.3 is 5.32 Å². The third-order valence-electron chi connectivity index (χ3n) is 3.59. The highest BCUT2D eigenvalue weighted by atomic mass is 35.5. The Morgan fingerprint density at radius 1 is 1.53 bits per heavy atom. The third kappa shape index (κ3) is 2.79. The standard InChI is InChI=1S/C13H18ClFN2/c1-9(17-6-5-11(8-17)16-2)12-4-3-10(15)7-13(12)14/h3-4,7,9,11,16H,5-6,8H2,1-2H3. The average Bonchev–Trinajstić information content (AvgIpc) is 2.76. The van der Waals surface area contributed by atoms with Crippen LogP contribution in [0.2, 0.25) is 5.02 Å². The molecule has 1 saturated heterocycles. The van der Waals surface area contributed by atoms with Crippen molar-refractivity contribution in [1.82, 2.24) is 10.2 Å². The van der Waals surface area contributed by atoms with Gasteiger partial charge in [-0.1, -0.05) is 17.7 Å². The summed E-state index contributed by atoms with van der Waals surface area (Å²) in [6, 6.07) is 5.44. The fourth-order valence-corrected chi connectivity index (χ4v) is 2.74. The van der Waals surface area contributed by atoms with E-state index in [-0.39, 0.29) is 11.9 Å². The van der Waals surface area contributed by atoms with Crippen LogP contribution in [0.3, 0.4) is 0 Å². The number of nitrogens with one attached hydrogen (secondary N) is 1. The Morgan fingerprint density at radius 2 is 2.29 bits per heavy atom. The lowest BCUT2D eigenvalue weighted by molar-refractivity contribution is 0.257. The van der Waals surface area contributed by atoms with Crippen LogP contribution in [0.4, 0.5) is 4.39 Å². The van der Waals surface area contributed by atoms with Crippen LogP contribution in [-0.4, -0.2) is 31.1 Å². The van der Waals surface area contributed by atoms with Crippen molar-refractivity contribution in [1.29, 1.82) is 0 Å². The van der Waals surface area contributed by atoms with Crippen LogP contribution in [0.15, 0.2) is 18.2 Å². The molecule has 1 N–H and O–H groups in total. The van der Waals surface area contributed by atoms with E-state index in [4.69, 9.17) is 11.6 Å². The van der Waals surface area contributed by atoms with E-state index in [2.05, 4.69) is 17.1 Å². The van der Waals surface area contributed by atoms with Crippen molar-refractivity contribution in [3.8, 4) is 0 Å². The zero-order chi connectivity index (χ0) is 12.4. The highest BCUT2D eigenvalue weighted by Crippen LogP contribution is 2.30. The van der Waals surface area contributed by atoms with E-state index >= 15 is 0 Å². The van der Waals surface area contributed by atoms with Gasteiger partial charge in [-0.2, -0.15) is 0 Å². The highest BCUT2D eigenvalue weighted by molar-refractivity contribution is 6.31. The van der Waals surface area contributed by atoms with Gasteiger partial charge in [-0.15, -0.1) is 0 Å². The second-order valence-corrected chi connectivity index (χ2v) is 5.02. The van der Waals surface area contributed by atoms with Crippen LogP contribution in [-0.2, 0) is 0 Å². The van der Waals surface area contributed by atoms with Gasteiger partial charge in [-0.05, 0) is 38.1 Å².